The molecule has 0 spiro atoms. The van der Waals surface area contributed by atoms with Crippen LogP contribution in [-0.2, 0) is 6.61 Å². The Morgan fingerprint density at radius 1 is 1.27 bits per heavy atom. The highest BCUT2D eigenvalue weighted by Gasteiger charge is 2.22. The molecule has 2 aromatic rings. The Balaban J connectivity index is 1.56. The molecule has 140 valence electrons. The highest BCUT2D eigenvalue weighted by molar-refractivity contribution is 7.09. The highest BCUT2D eigenvalue weighted by atomic mass is 32.1. The van der Waals surface area contributed by atoms with Crippen LogP contribution in [0.25, 0.3) is 0 Å². The van der Waals surface area contributed by atoms with E-state index in [-0.39, 0.29) is 5.91 Å². The third kappa shape index (κ3) is 5.05. The summed E-state index contributed by atoms with van der Waals surface area (Å²) >= 11 is 1.61. The third-order valence-corrected chi connectivity index (χ3v) is 5.24. The van der Waals surface area contributed by atoms with Gasteiger partial charge in [-0.15, -0.1) is 11.3 Å². The smallest absolute Gasteiger partial charge is 0.254 e. The molecular formula is C20H27N3O2S. The highest BCUT2D eigenvalue weighted by Crippen LogP contribution is 2.18. The number of aromatic nitrogens is 1. The Morgan fingerprint density at radius 3 is 2.69 bits per heavy atom. The SMILES string of the molecule is Cc1nc(COc2cccc(C(=O)N3CCN(CC(C)C)CC3)c2)cs1. The van der Waals surface area contributed by atoms with Gasteiger partial charge >= 0.3 is 0 Å². The molecule has 0 radical (unpaired) electrons. The lowest BCUT2D eigenvalue weighted by Gasteiger charge is -2.35. The van der Waals surface area contributed by atoms with Gasteiger partial charge in [-0.1, -0.05) is 19.9 Å². The molecule has 0 saturated carbocycles. The summed E-state index contributed by atoms with van der Waals surface area (Å²) < 4.78 is 5.81. The minimum atomic E-state index is 0.0872. The average Bonchev–Trinajstić information content (AvgIpc) is 3.05. The topological polar surface area (TPSA) is 45.7 Å². The molecule has 0 bridgehead atoms. The number of carbonyl (C=O) groups is 1. The fourth-order valence-electron chi connectivity index (χ4n) is 3.18. The van der Waals surface area contributed by atoms with Crippen molar-refractivity contribution < 1.29 is 9.53 Å². The molecule has 1 aliphatic heterocycles. The number of carbonyl (C=O) groups excluding carboxylic acids is 1. The standard InChI is InChI=1S/C20H27N3O2S/c1-15(2)12-22-7-9-23(10-8-22)20(24)17-5-4-6-19(11-17)25-13-18-14-26-16(3)21-18/h4-6,11,14-15H,7-10,12-13H2,1-3H3. The maximum absolute atomic E-state index is 12.8. The van der Waals surface area contributed by atoms with Crippen LogP contribution in [0, 0.1) is 12.8 Å². The van der Waals surface area contributed by atoms with E-state index in [0.717, 1.165) is 43.4 Å². The normalized spacial score (nSPS) is 15.5. The van der Waals surface area contributed by atoms with Crippen LogP contribution >= 0.6 is 11.3 Å². The number of ether oxygens (including phenoxy) is 1. The van der Waals surface area contributed by atoms with E-state index >= 15 is 0 Å². The van der Waals surface area contributed by atoms with Gasteiger partial charge in [-0.2, -0.15) is 0 Å². The lowest BCUT2D eigenvalue weighted by molar-refractivity contribution is 0.0623. The molecule has 0 aliphatic carbocycles. The second kappa shape index (κ2) is 8.64. The summed E-state index contributed by atoms with van der Waals surface area (Å²) in [5.74, 6) is 1.46. The molecule has 26 heavy (non-hydrogen) atoms. The van der Waals surface area contributed by atoms with Crippen LogP contribution in [0.4, 0.5) is 0 Å². The Bertz CT molecular complexity index is 736. The first-order chi connectivity index (χ1) is 12.5. The van der Waals surface area contributed by atoms with Crippen LogP contribution in [-0.4, -0.2) is 53.4 Å². The number of thiazole rings is 1. The molecule has 1 amide bonds. The molecular weight excluding hydrogens is 346 g/mol. The first kappa shape index (κ1) is 18.9. The molecule has 1 fully saturated rings. The van der Waals surface area contributed by atoms with E-state index in [0.29, 0.717) is 23.8 Å². The van der Waals surface area contributed by atoms with Gasteiger partial charge in [-0.3, -0.25) is 9.69 Å². The van der Waals surface area contributed by atoms with E-state index in [2.05, 4.69) is 23.7 Å². The fraction of sp³-hybridized carbons (Fsp3) is 0.500. The molecule has 2 heterocycles. The summed E-state index contributed by atoms with van der Waals surface area (Å²) in [6.45, 7) is 11.4. The monoisotopic (exact) mass is 373 g/mol. The van der Waals surface area contributed by atoms with Crippen molar-refractivity contribution in [3.63, 3.8) is 0 Å². The van der Waals surface area contributed by atoms with Crippen LogP contribution in [0.1, 0.15) is 34.9 Å². The van der Waals surface area contributed by atoms with Gasteiger partial charge in [0.05, 0.1) is 10.7 Å². The van der Waals surface area contributed by atoms with Crippen molar-refractivity contribution in [3.05, 3.63) is 45.9 Å². The number of hydrogen-bond donors (Lipinski definition) is 0. The molecule has 6 heteroatoms. The quantitative estimate of drug-likeness (QED) is 0.778. The van der Waals surface area contributed by atoms with Crippen molar-refractivity contribution in [1.29, 1.82) is 0 Å². The molecule has 1 aromatic heterocycles. The Hall–Kier alpha value is -1.92. The summed E-state index contributed by atoms with van der Waals surface area (Å²) in [6.07, 6.45) is 0. The first-order valence-electron chi connectivity index (χ1n) is 9.17. The maximum atomic E-state index is 12.8. The van der Waals surface area contributed by atoms with Crippen molar-refractivity contribution in [1.82, 2.24) is 14.8 Å². The molecule has 0 unspecified atom stereocenters. The predicted molar refractivity (Wildman–Crippen MR) is 105 cm³/mol. The van der Waals surface area contributed by atoms with Gasteiger partial charge in [0, 0.05) is 43.7 Å². The first-order valence-corrected chi connectivity index (χ1v) is 10.0. The average molecular weight is 374 g/mol. The maximum Gasteiger partial charge on any atom is 0.254 e. The van der Waals surface area contributed by atoms with E-state index in [4.69, 9.17) is 4.74 Å². The largest absolute Gasteiger partial charge is 0.487 e. The lowest BCUT2D eigenvalue weighted by Crippen LogP contribution is -2.49. The number of benzene rings is 1. The van der Waals surface area contributed by atoms with E-state index in [1.165, 1.54) is 0 Å². The summed E-state index contributed by atoms with van der Waals surface area (Å²) in [6, 6.07) is 7.46. The van der Waals surface area contributed by atoms with E-state index in [1.807, 2.05) is 41.5 Å². The van der Waals surface area contributed by atoms with Crippen LogP contribution in [0.15, 0.2) is 29.6 Å². The molecule has 3 rings (SSSR count). The zero-order chi connectivity index (χ0) is 18.5. The Morgan fingerprint density at radius 2 is 2.04 bits per heavy atom. The van der Waals surface area contributed by atoms with Crippen molar-refractivity contribution >= 4 is 17.2 Å². The van der Waals surface area contributed by atoms with Crippen molar-refractivity contribution in [3.8, 4) is 5.75 Å². The zero-order valence-corrected chi connectivity index (χ0v) is 16.6. The lowest BCUT2D eigenvalue weighted by atomic mass is 10.1. The second-order valence-corrected chi connectivity index (χ2v) is 8.22. The number of hydrogen-bond acceptors (Lipinski definition) is 5. The predicted octanol–water partition coefficient (Wildman–Crippen LogP) is 3.44. The van der Waals surface area contributed by atoms with Crippen molar-refractivity contribution in [2.45, 2.75) is 27.4 Å². The van der Waals surface area contributed by atoms with E-state index in [9.17, 15) is 4.79 Å². The third-order valence-electron chi connectivity index (χ3n) is 4.42. The van der Waals surface area contributed by atoms with Gasteiger partial charge in [-0.25, -0.2) is 4.98 Å². The van der Waals surface area contributed by atoms with Crippen LogP contribution in [0.5, 0.6) is 5.75 Å². The number of aryl methyl sites for hydroxylation is 1. The summed E-state index contributed by atoms with van der Waals surface area (Å²) in [5.41, 5.74) is 1.61. The van der Waals surface area contributed by atoms with Gasteiger partial charge < -0.3 is 9.64 Å². The minimum Gasteiger partial charge on any atom is -0.487 e. The molecule has 1 aromatic carbocycles. The zero-order valence-electron chi connectivity index (χ0n) is 15.8. The molecule has 1 aliphatic rings. The minimum absolute atomic E-state index is 0.0872. The molecule has 1 saturated heterocycles. The van der Waals surface area contributed by atoms with Crippen LogP contribution in [0.2, 0.25) is 0 Å². The fourth-order valence-corrected chi connectivity index (χ4v) is 3.78. The number of nitrogens with zero attached hydrogens (tertiary/aromatic N) is 3. The van der Waals surface area contributed by atoms with Crippen LogP contribution < -0.4 is 4.74 Å². The van der Waals surface area contributed by atoms with Gasteiger partial charge in [0.2, 0.25) is 0 Å². The van der Waals surface area contributed by atoms with E-state index < -0.39 is 0 Å². The van der Waals surface area contributed by atoms with Gasteiger partial charge in [-0.05, 0) is 31.0 Å². The van der Waals surface area contributed by atoms with Gasteiger partial charge in [0.15, 0.2) is 0 Å². The number of piperazine rings is 1. The number of amides is 1. The Labute approximate surface area is 159 Å². The molecule has 0 N–H and O–H groups in total. The summed E-state index contributed by atoms with van der Waals surface area (Å²) in [4.78, 5) is 21.6. The van der Waals surface area contributed by atoms with Crippen molar-refractivity contribution in [2.75, 3.05) is 32.7 Å². The van der Waals surface area contributed by atoms with Gasteiger partial charge in [0.1, 0.15) is 12.4 Å². The molecule has 5 nitrogen and oxygen atoms in total. The van der Waals surface area contributed by atoms with E-state index in [1.54, 1.807) is 11.3 Å². The van der Waals surface area contributed by atoms with Crippen molar-refractivity contribution in [2.24, 2.45) is 5.92 Å². The summed E-state index contributed by atoms with van der Waals surface area (Å²) in [7, 11) is 0. The molecule has 0 atom stereocenters. The van der Waals surface area contributed by atoms with Gasteiger partial charge in [0.25, 0.3) is 5.91 Å². The number of rotatable bonds is 6. The second-order valence-electron chi connectivity index (χ2n) is 7.16. The summed E-state index contributed by atoms with van der Waals surface area (Å²) in [5, 5.41) is 3.03. The van der Waals surface area contributed by atoms with Crippen LogP contribution in [0.3, 0.4) is 0 Å². The Kier molecular flexibility index (Phi) is 6.27.